The molecule has 0 aliphatic heterocycles. The lowest BCUT2D eigenvalue weighted by Crippen LogP contribution is -2.16. The SMILES string of the molecule is C[Si](C)(C)C#Cc1ccc(N=C2C(Cl)=C(Cl)C(=Nc3ccc(C#C[Si](C)(C)C)cc3)C(Cl)=C2Cl)cc1. The molecule has 0 spiro atoms. The van der Waals surface area contributed by atoms with Crippen LogP contribution in [0.15, 0.2) is 78.6 Å². The van der Waals surface area contributed by atoms with Gasteiger partial charge in [-0.1, -0.05) is 97.5 Å². The topological polar surface area (TPSA) is 24.7 Å². The molecule has 0 unspecified atom stereocenters. The number of rotatable bonds is 2. The Hall–Kier alpha value is -2.03. The van der Waals surface area contributed by atoms with Gasteiger partial charge in [-0.3, -0.25) is 0 Å². The highest BCUT2D eigenvalue weighted by molar-refractivity contribution is 6.84. The van der Waals surface area contributed by atoms with Gasteiger partial charge in [0, 0.05) is 11.1 Å². The highest BCUT2D eigenvalue weighted by Gasteiger charge is 2.28. The second-order valence-electron chi connectivity index (χ2n) is 10.3. The standard InChI is InChI=1S/C28H26Cl4N2Si2/c1-35(2,3)17-15-19-7-11-21(12-8-19)33-27-23(29)25(31)28(26(32)24(27)30)34-22-13-9-20(10-14-22)16-18-36(4,5)6/h7-14H,1-6H3. The molecule has 0 saturated heterocycles. The maximum absolute atomic E-state index is 6.57. The number of benzene rings is 2. The van der Waals surface area contributed by atoms with Crippen molar-refractivity contribution in [3.63, 3.8) is 0 Å². The average molecular weight is 589 g/mol. The zero-order valence-corrected chi connectivity index (χ0v) is 26.0. The number of aliphatic imine (C=N–C) groups is 2. The van der Waals surface area contributed by atoms with Crippen LogP contribution in [0.3, 0.4) is 0 Å². The first-order chi connectivity index (χ1) is 16.7. The number of hydrogen-bond acceptors (Lipinski definition) is 2. The van der Waals surface area contributed by atoms with Crippen molar-refractivity contribution in [1.82, 2.24) is 0 Å². The molecule has 3 rings (SSSR count). The minimum Gasteiger partial charge on any atom is -0.246 e. The first-order valence-corrected chi connectivity index (χ1v) is 19.8. The molecule has 0 heterocycles. The van der Waals surface area contributed by atoms with E-state index in [1.165, 1.54) is 0 Å². The van der Waals surface area contributed by atoms with E-state index in [4.69, 9.17) is 46.4 Å². The highest BCUT2D eigenvalue weighted by Crippen LogP contribution is 2.37. The molecule has 2 aromatic carbocycles. The van der Waals surface area contributed by atoms with E-state index in [9.17, 15) is 0 Å². The molecular formula is C28H26Cl4N2Si2. The van der Waals surface area contributed by atoms with E-state index < -0.39 is 16.1 Å². The predicted molar refractivity (Wildman–Crippen MR) is 165 cm³/mol. The first kappa shape index (κ1) is 28.5. The van der Waals surface area contributed by atoms with Gasteiger partial charge in [0.05, 0.1) is 31.5 Å². The van der Waals surface area contributed by atoms with Gasteiger partial charge in [-0.2, -0.15) is 0 Å². The minimum absolute atomic E-state index is 0.185. The Morgan fingerprint density at radius 2 is 0.778 bits per heavy atom. The van der Waals surface area contributed by atoms with E-state index in [2.05, 4.69) is 72.2 Å². The fourth-order valence-electron chi connectivity index (χ4n) is 2.82. The summed E-state index contributed by atoms with van der Waals surface area (Å²) in [6.45, 7) is 13.2. The fourth-order valence-corrected chi connectivity index (χ4v) is 4.86. The summed E-state index contributed by atoms with van der Waals surface area (Å²) in [7, 11) is -2.90. The zero-order chi connectivity index (χ0) is 26.7. The molecule has 0 amide bonds. The monoisotopic (exact) mass is 586 g/mol. The first-order valence-electron chi connectivity index (χ1n) is 11.3. The molecule has 0 saturated carbocycles. The third-order valence-corrected chi connectivity index (χ3v) is 8.01. The molecule has 0 fully saturated rings. The van der Waals surface area contributed by atoms with Crippen molar-refractivity contribution in [2.75, 3.05) is 0 Å². The number of allylic oxidation sites excluding steroid dienone is 4. The quantitative estimate of drug-likeness (QED) is 0.190. The van der Waals surface area contributed by atoms with Crippen molar-refractivity contribution in [3.05, 3.63) is 79.8 Å². The maximum atomic E-state index is 6.57. The molecule has 2 nitrogen and oxygen atoms in total. The molecule has 0 N–H and O–H groups in total. The van der Waals surface area contributed by atoms with Crippen molar-refractivity contribution in [2.24, 2.45) is 9.98 Å². The van der Waals surface area contributed by atoms with Gasteiger partial charge in [-0.25, -0.2) is 9.98 Å². The van der Waals surface area contributed by atoms with Gasteiger partial charge in [0.25, 0.3) is 0 Å². The van der Waals surface area contributed by atoms with Gasteiger partial charge < -0.3 is 0 Å². The maximum Gasteiger partial charge on any atom is 0.129 e. The van der Waals surface area contributed by atoms with Crippen LogP contribution in [0.2, 0.25) is 39.3 Å². The summed E-state index contributed by atoms with van der Waals surface area (Å²) in [5.74, 6) is 6.44. The Kier molecular flexibility index (Phi) is 9.17. The van der Waals surface area contributed by atoms with Crippen LogP contribution in [0, 0.1) is 22.9 Å². The smallest absolute Gasteiger partial charge is 0.129 e. The van der Waals surface area contributed by atoms with E-state index >= 15 is 0 Å². The van der Waals surface area contributed by atoms with Crippen LogP contribution in [0.1, 0.15) is 11.1 Å². The summed E-state index contributed by atoms with van der Waals surface area (Å²) in [5, 5.41) is 0.741. The molecule has 184 valence electrons. The summed E-state index contributed by atoms with van der Waals surface area (Å²) >= 11 is 26.3. The summed E-state index contributed by atoms with van der Waals surface area (Å²) in [6, 6.07) is 15.1. The number of halogens is 4. The molecule has 1 aliphatic rings. The van der Waals surface area contributed by atoms with E-state index in [1.54, 1.807) is 0 Å². The zero-order valence-electron chi connectivity index (χ0n) is 21.0. The van der Waals surface area contributed by atoms with Crippen molar-refractivity contribution >= 4 is 85.3 Å². The van der Waals surface area contributed by atoms with E-state index in [0.29, 0.717) is 22.8 Å². The second kappa shape index (κ2) is 11.6. The van der Waals surface area contributed by atoms with Crippen molar-refractivity contribution in [2.45, 2.75) is 39.3 Å². The summed E-state index contributed by atoms with van der Waals surface area (Å²) in [4.78, 5) is 9.17. The van der Waals surface area contributed by atoms with Crippen LogP contribution in [0.5, 0.6) is 0 Å². The molecule has 0 bridgehead atoms. The normalized spacial score (nSPS) is 14.2. The summed E-state index contributed by atoms with van der Waals surface area (Å²) < 4.78 is 0. The van der Waals surface area contributed by atoms with E-state index in [0.717, 1.165) is 11.1 Å². The fraction of sp³-hybridized carbons (Fsp3) is 0.214. The largest absolute Gasteiger partial charge is 0.246 e. The lowest BCUT2D eigenvalue weighted by molar-refractivity contribution is 1.48. The minimum atomic E-state index is -1.45. The third-order valence-electron chi connectivity index (χ3n) is 4.60. The molecule has 2 aromatic rings. The predicted octanol–water partition coefficient (Wildman–Crippen LogP) is 9.38. The summed E-state index contributed by atoms with van der Waals surface area (Å²) in [6.07, 6.45) is 0. The third kappa shape index (κ3) is 7.99. The molecule has 0 radical (unpaired) electrons. The van der Waals surface area contributed by atoms with Crippen molar-refractivity contribution in [3.8, 4) is 22.9 Å². The van der Waals surface area contributed by atoms with Crippen molar-refractivity contribution in [1.29, 1.82) is 0 Å². The van der Waals surface area contributed by atoms with Gasteiger partial charge in [0.2, 0.25) is 0 Å². The van der Waals surface area contributed by atoms with Gasteiger partial charge in [-0.15, -0.1) is 11.1 Å². The van der Waals surface area contributed by atoms with Gasteiger partial charge in [-0.05, 0) is 48.5 Å². The second-order valence-corrected chi connectivity index (χ2v) is 21.3. The van der Waals surface area contributed by atoms with Crippen LogP contribution in [-0.4, -0.2) is 27.6 Å². The van der Waals surface area contributed by atoms with Crippen LogP contribution >= 0.6 is 46.4 Å². The Balaban J connectivity index is 1.91. The Morgan fingerprint density at radius 1 is 0.500 bits per heavy atom. The lowest BCUT2D eigenvalue weighted by atomic mass is 10.1. The van der Waals surface area contributed by atoms with E-state index in [-0.39, 0.29) is 20.1 Å². The molecule has 0 atom stereocenters. The number of nitrogens with zero attached hydrogens (tertiary/aromatic N) is 2. The van der Waals surface area contributed by atoms with Gasteiger partial charge >= 0.3 is 0 Å². The van der Waals surface area contributed by atoms with Crippen LogP contribution in [0.25, 0.3) is 0 Å². The van der Waals surface area contributed by atoms with Crippen molar-refractivity contribution < 1.29 is 0 Å². The highest BCUT2D eigenvalue weighted by atomic mass is 35.5. The van der Waals surface area contributed by atoms with Gasteiger partial charge in [0.15, 0.2) is 0 Å². The molecule has 1 aliphatic carbocycles. The molecular weight excluding hydrogens is 562 g/mol. The molecule has 0 aromatic heterocycles. The molecule has 36 heavy (non-hydrogen) atoms. The van der Waals surface area contributed by atoms with Crippen LogP contribution in [-0.2, 0) is 0 Å². The van der Waals surface area contributed by atoms with Crippen LogP contribution < -0.4 is 0 Å². The van der Waals surface area contributed by atoms with Gasteiger partial charge in [0.1, 0.15) is 27.6 Å². The van der Waals surface area contributed by atoms with E-state index in [1.807, 2.05) is 48.5 Å². The Labute approximate surface area is 236 Å². The Bertz CT molecular complexity index is 1270. The lowest BCUT2D eigenvalue weighted by Gasteiger charge is -2.17. The average Bonchev–Trinajstić information content (AvgIpc) is 2.81. The van der Waals surface area contributed by atoms with Crippen LogP contribution in [0.4, 0.5) is 11.4 Å². The number of hydrogen-bond donors (Lipinski definition) is 0. The Morgan fingerprint density at radius 3 is 1.03 bits per heavy atom. The molecule has 8 heteroatoms. The summed E-state index contributed by atoms with van der Waals surface area (Å²) in [5.41, 5.74) is 10.5.